The van der Waals surface area contributed by atoms with Crippen LogP contribution in [0.25, 0.3) is 16.9 Å². The van der Waals surface area contributed by atoms with Gasteiger partial charge in [-0.1, -0.05) is 19.8 Å². The van der Waals surface area contributed by atoms with Crippen LogP contribution in [0.15, 0.2) is 9.53 Å². The second-order valence-electron chi connectivity index (χ2n) is 6.50. The van der Waals surface area contributed by atoms with E-state index in [1.807, 2.05) is 4.57 Å². The van der Waals surface area contributed by atoms with Gasteiger partial charge >= 0.3 is 0 Å². The Morgan fingerprint density at radius 2 is 2.12 bits per heavy atom. The largest absolute Gasteiger partial charge is 0.369 e. The smallest absolute Gasteiger partial charge is 0.286 e. The molecular formula is C15H18BrN7O2. The molecule has 0 unspecified atom stereocenters. The molecule has 10 heteroatoms. The third kappa shape index (κ3) is 2.30. The normalized spacial score (nSPS) is 15.9. The van der Waals surface area contributed by atoms with Crippen LogP contribution < -0.4 is 11.3 Å². The number of aromatic amines is 1. The number of hydrogen-bond donors (Lipinski definition) is 2. The molecular weight excluding hydrogens is 390 g/mol. The van der Waals surface area contributed by atoms with Gasteiger partial charge in [0.2, 0.25) is 11.7 Å². The minimum absolute atomic E-state index is 0.317. The van der Waals surface area contributed by atoms with Crippen LogP contribution in [0.2, 0.25) is 0 Å². The van der Waals surface area contributed by atoms with Gasteiger partial charge in [-0.2, -0.15) is 0 Å². The molecule has 3 heterocycles. The zero-order chi connectivity index (χ0) is 17.8. The molecule has 132 valence electrons. The van der Waals surface area contributed by atoms with Gasteiger partial charge in [0.15, 0.2) is 21.7 Å². The van der Waals surface area contributed by atoms with Crippen LogP contribution in [-0.4, -0.2) is 35.0 Å². The number of amides is 1. The van der Waals surface area contributed by atoms with Gasteiger partial charge in [0.25, 0.3) is 5.56 Å². The molecule has 0 bridgehead atoms. The van der Waals surface area contributed by atoms with E-state index < -0.39 is 11.3 Å². The van der Waals surface area contributed by atoms with E-state index >= 15 is 0 Å². The van der Waals surface area contributed by atoms with Crippen molar-refractivity contribution in [2.45, 2.75) is 51.0 Å². The first-order chi connectivity index (χ1) is 12.0. The average molecular weight is 408 g/mol. The van der Waals surface area contributed by atoms with Crippen molar-refractivity contribution in [3.05, 3.63) is 20.9 Å². The highest BCUT2D eigenvalue weighted by Crippen LogP contribution is 2.46. The predicted molar refractivity (Wildman–Crippen MR) is 94.2 cm³/mol. The molecule has 0 aliphatic heterocycles. The molecule has 1 aliphatic carbocycles. The summed E-state index contributed by atoms with van der Waals surface area (Å²) in [5, 5.41) is 8.37. The van der Waals surface area contributed by atoms with Gasteiger partial charge in [0, 0.05) is 6.54 Å². The number of H-pyrrole nitrogens is 1. The SMILES string of the molecule is CCCCCn1c2nc(Br)[nH]c2c(=O)n2c(C3(C(N)=O)CC3)nnc12. The zero-order valence-corrected chi connectivity index (χ0v) is 15.3. The number of nitrogens with two attached hydrogens (primary N) is 1. The van der Waals surface area contributed by atoms with Crippen LogP contribution in [0, 0.1) is 0 Å². The first kappa shape index (κ1) is 16.2. The maximum absolute atomic E-state index is 13.0. The molecule has 9 nitrogen and oxygen atoms in total. The molecule has 3 aromatic rings. The summed E-state index contributed by atoms with van der Waals surface area (Å²) in [4.78, 5) is 32.2. The van der Waals surface area contributed by atoms with Crippen molar-refractivity contribution in [3.63, 3.8) is 0 Å². The quantitative estimate of drug-likeness (QED) is 0.469. The second kappa shape index (κ2) is 5.65. The summed E-state index contributed by atoms with van der Waals surface area (Å²) < 4.78 is 3.76. The summed E-state index contributed by atoms with van der Waals surface area (Å²) in [5.74, 6) is 0.261. The standard InChI is InChI=1S/C15H18BrN7O2/c1-2-3-4-7-22-9-8(18-13(16)19-9)10(24)23-12(20-21-14(22)23)15(5-6-15)11(17)25/h2-7H2,1H3,(H2,17,25)(H,18,19). The van der Waals surface area contributed by atoms with Crippen molar-refractivity contribution in [1.29, 1.82) is 0 Å². The number of nitrogens with one attached hydrogen (secondary N) is 1. The molecule has 3 aromatic heterocycles. The Kier molecular flexibility index (Phi) is 3.67. The summed E-state index contributed by atoms with van der Waals surface area (Å²) in [6.07, 6.45) is 4.23. The Hall–Kier alpha value is -2.23. The van der Waals surface area contributed by atoms with Crippen molar-refractivity contribution in [3.8, 4) is 0 Å². The van der Waals surface area contributed by atoms with Crippen LogP contribution in [0.1, 0.15) is 44.9 Å². The molecule has 0 aromatic carbocycles. The van der Waals surface area contributed by atoms with Crippen LogP contribution in [0.5, 0.6) is 0 Å². The number of hydrogen-bond acceptors (Lipinski definition) is 5. The molecule has 1 saturated carbocycles. The lowest BCUT2D eigenvalue weighted by atomic mass is 10.1. The highest BCUT2D eigenvalue weighted by molar-refractivity contribution is 9.10. The number of unbranched alkanes of at least 4 members (excludes halogenated alkanes) is 2. The van der Waals surface area contributed by atoms with E-state index in [4.69, 9.17) is 5.73 Å². The molecule has 4 rings (SSSR count). The summed E-state index contributed by atoms with van der Waals surface area (Å²) in [7, 11) is 0. The van der Waals surface area contributed by atoms with Gasteiger partial charge < -0.3 is 10.7 Å². The zero-order valence-electron chi connectivity index (χ0n) is 13.8. The van der Waals surface area contributed by atoms with Crippen molar-refractivity contribution >= 4 is 38.8 Å². The third-order valence-corrected chi connectivity index (χ3v) is 5.23. The second-order valence-corrected chi connectivity index (χ2v) is 7.25. The molecule has 0 radical (unpaired) electrons. The topological polar surface area (TPSA) is 124 Å². The Labute approximate surface area is 150 Å². The lowest BCUT2D eigenvalue weighted by Crippen LogP contribution is -2.33. The fourth-order valence-electron chi connectivity index (χ4n) is 3.27. The first-order valence-corrected chi connectivity index (χ1v) is 9.12. The van der Waals surface area contributed by atoms with Crippen molar-refractivity contribution < 1.29 is 4.79 Å². The van der Waals surface area contributed by atoms with Crippen molar-refractivity contribution in [1.82, 2.24) is 29.1 Å². The number of aryl methyl sites for hydroxylation is 1. The predicted octanol–water partition coefficient (Wildman–Crippen LogP) is 1.24. The van der Waals surface area contributed by atoms with Gasteiger partial charge in [0.05, 0.1) is 0 Å². The number of carbonyl (C=O) groups excluding carboxylic acids is 1. The summed E-state index contributed by atoms with van der Waals surface area (Å²) in [6.45, 7) is 2.79. The maximum atomic E-state index is 13.0. The number of aromatic nitrogens is 6. The summed E-state index contributed by atoms with van der Waals surface area (Å²) in [5.41, 5.74) is 5.25. The van der Waals surface area contributed by atoms with Crippen molar-refractivity contribution in [2.75, 3.05) is 0 Å². The summed E-state index contributed by atoms with van der Waals surface area (Å²) >= 11 is 3.29. The van der Waals surface area contributed by atoms with Crippen LogP contribution in [-0.2, 0) is 16.8 Å². The minimum atomic E-state index is -0.884. The molecule has 3 N–H and O–H groups in total. The van der Waals surface area contributed by atoms with E-state index in [0.29, 0.717) is 46.9 Å². The number of halogens is 1. The first-order valence-electron chi connectivity index (χ1n) is 8.33. The van der Waals surface area contributed by atoms with Gasteiger partial charge in [-0.25, -0.2) is 9.38 Å². The number of rotatable bonds is 6. The Bertz CT molecular complexity index is 1040. The van der Waals surface area contributed by atoms with E-state index in [1.165, 1.54) is 4.40 Å². The minimum Gasteiger partial charge on any atom is -0.369 e. The molecule has 1 amide bonds. The maximum Gasteiger partial charge on any atom is 0.286 e. The number of carbonyl (C=O) groups is 1. The summed E-state index contributed by atoms with van der Waals surface area (Å²) in [6, 6.07) is 0. The molecule has 1 aliphatic rings. The Morgan fingerprint density at radius 3 is 2.76 bits per heavy atom. The highest BCUT2D eigenvalue weighted by atomic mass is 79.9. The van der Waals surface area contributed by atoms with E-state index in [-0.39, 0.29) is 5.56 Å². The number of primary amides is 1. The average Bonchev–Trinajstić information content (AvgIpc) is 3.11. The van der Waals surface area contributed by atoms with Crippen molar-refractivity contribution in [2.24, 2.45) is 5.73 Å². The van der Waals surface area contributed by atoms with Gasteiger partial charge in [-0.05, 0) is 35.2 Å². The van der Waals surface area contributed by atoms with Gasteiger partial charge in [-0.3, -0.25) is 14.2 Å². The van der Waals surface area contributed by atoms with Crippen LogP contribution >= 0.6 is 15.9 Å². The van der Waals surface area contributed by atoms with Gasteiger partial charge in [-0.15, -0.1) is 10.2 Å². The van der Waals surface area contributed by atoms with E-state index in [1.54, 1.807) is 0 Å². The number of imidazole rings is 1. The van der Waals surface area contributed by atoms with E-state index in [2.05, 4.69) is 43.0 Å². The highest BCUT2D eigenvalue weighted by Gasteiger charge is 2.54. The fourth-order valence-corrected chi connectivity index (χ4v) is 3.63. The number of fused-ring (bicyclic) bond motifs is 2. The van der Waals surface area contributed by atoms with Crippen LogP contribution in [0.4, 0.5) is 0 Å². The Morgan fingerprint density at radius 1 is 1.36 bits per heavy atom. The molecule has 0 saturated heterocycles. The molecule has 0 atom stereocenters. The lowest BCUT2D eigenvalue weighted by molar-refractivity contribution is -0.120. The lowest BCUT2D eigenvalue weighted by Gasteiger charge is -2.11. The van der Waals surface area contributed by atoms with Gasteiger partial charge in [0.1, 0.15) is 5.41 Å². The van der Waals surface area contributed by atoms with E-state index in [0.717, 1.165) is 19.3 Å². The molecule has 25 heavy (non-hydrogen) atoms. The molecule has 0 spiro atoms. The van der Waals surface area contributed by atoms with Crippen LogP contribution in [0.3, 0.4) is 0 Å². The molecule has 1 fully saturated rings. The van der Waals surface area contributed by atoms with E-state index in [9.17, 15) is 9.59 Å². The fraction of sp³-hybridized carbons (Fsp3) is 0.533. The Balaban J connectivity index is 2.01. The monoisotopic (exact) mass is 407 g/mol. The number of nitrogens with zero attached hydrogens (tertiary/aromatic N) is 5. The third-order valence-electron chi connectivity index (χ3n) is 4.85.